The molecule has 8 aromatic rings. The van der Waals surface area contributed by atoms with Gasteiger partial charge >= 0.3 is 0 Å². The van der Waals surface area contributed by atoms with E-state index in [0.29, 0.717) is 0 Å². The number of nitrogens with one attached hydrogen (secondary N) is 4. The van der Waals surface area contributed by atoms with Crippen LogP contribution >= 0.6 is 0 Å². The molecule has 0 amide bonds. The number of hydrogen-bond acceptors (Lipinski definition) is 7. The van der Waals surface area contributed by atoms with Gasteiger partial charge in [0.25, 0.3) is 0 Å². The minimum atomic E-state index is 0.806. The van der Waals surface area contributed by atoms with Gasteiger partial charge in [-0.2, -0.15) is 0 Å². The molecule has 0 aliphatic rings. The summed E-state index contributed by atoms with van der Waals surface area (Å²) in [6.45, 7) is 0. The third-order valence-corrected chi connectivity index (χ3v) is 8.48. The molecule has 0 aliphatic heterocycles. The Morgan fingerprint density at radius 3 is 0.942 bits per heavy atom. The molecule has 250 valence electrons. The van der Waals surface area contributed by atoms with Crippen LogP contribution in [0.25, 0.3) is 33.9 Å². The van der Waals surface area contributed by atoms with Gasteiger partial charge in [0.2, 0.25) is 0 Å². The Balaban J connectivity index is 0.888. The molecule has 0 unspecified atom stereocenters. The van der Waals surface area contributed by atoms with Crippen LogP contribution in [0.15, 0.2) is 188 Å². The molecule has 0 fully saturated rings. The van der Waals surface area contributed by atoms with Gasteiger partial charge in [-0.1, -0.05) is 42.5 Å². The normalized spacial score (nSPS) is 10.7. The van der Waals surface area contributed by atoms with Gasteiger partial charge in [0.15, 0.2) is 0 Å². The highest BCUT2D eigenvalue weighted by molar-refractivity contribution is 5.76. The molecule has 0 saturated heterocycles. The monoisotopic (exact) mass is 673 g/mol. The van der Waals surface area contributed by atoms with E-state index in [-0.39, 0.29) is 0 Å². The summed E-state index contributed by atoms with van der Waals surface area (Å²) < 4.78 is 0. The largest absolute Gasteiger partial charge is 0.356 e. The number of benzene rings is 5. The van der Waals surface area contributed by atoms with Gasteiger partial charge in [0.05, 0.1) is 22.8 Å². The van der Waals surface area contributed by atoms with Crippen molar-refractivity contribution in [2.24, 2.45) is 0 Å². The van der Waals surface area contributed by atoms with Crippen molar-refractivity contribution in [2.45, 2.75) is 0 Å². The van der Waals surface area contributed by atoms with E-state index < -0.39 is 0 Å². The van der Waals surface area contributed by atoms with Crippen molar-refractivity contribution in [2.75, 3.05) is 21.3 Å². The molecule has 3 heterocycles. The standard InChI is InChI=1S/C45H35N7/c1-2-8-34(9-3-1)48-36-16-18-38(19-17-36)50-40-24-26-41(27-25-40)51-39-22-20-37(21-23-39)49-35-14-12-32(13-15-35)33-30-44(42-10-4-6-28-46-42)52-45(31-33)43-11-5-7-29-47-43/h1-31,48-51H. The molecule has 0 radical (unpaired) electrons. The van der Waals surface area contributed by atoms with Crippen molar-refractivity contribution >= 4 is 45.5 Å². The topological polar surface area (TPSA) is 86.8 Å². The molecule has 0 bridgehead atoms. The lowest BCUT2D eigenvalue weighted by molar-refractivity contribution is 1.22. The van der Waals surface area contributed by atoms with E-state index in [0.717, 1.165) is 79.4 Å². The zero-order valence-corrected chi connectivity index (χ0v) is 28.2. The molecule has 0 spiro atoms. The van der Waals surface area contributed by atoms with Gasteiger partial charge in [-0.05, 0) is 145 Å². The third kappa shape index (κ3) is 7.96. The van der Waals surface area contributed by atoms with Gasteiger partial charge in [-0.3, -0.25) is 9.97 Å². The molecule has 3 aromatic heterocycles. The van der Waals surface area contributed by atoms with Crippen LogP contribution in [0.5, 0.6) is 0 Å². The maximum absolute atomic E-state index is 4.89. The van der Waals surface area contributed by atoms with Crippen molar-refractivity contribution in [1.29, 1.82) is 0 Å². The molecule has 52 heavy (non-hydrogen) atoms. The molecule has 4 N–H and O–H groups in total. The van der Waals surface area contributed by atoms with Crippen LogP contribution in [-0.2, 0) is 0 Å². The minimum absolute atomic E-state index is 0.806. The first-order chi connectivity index (χ1) is 25.7. The summed E-state index contributed by atoms with van der Waals surface area (Å²) in [6, 6.07) is 59.3. The highest BCUT2D eigenvalue weighted by Gasteiger charge is 2.11. The number of para-hydroxylation sites is 1. The average Bonchev–Trinajstić information content (AvgIpc) is 3.21. The number of aromatic nitrogens is 3. The molecule has 5 aromatic carbocycles. The minimum Gasteiger partial charge on any atom is -0.356 e. The molecule has 8 rings (SSSR count). The first-order valence-electron chi connectivity index (χ1n) is 17.1. The van der Waals surface area contributed by atoms with Crippen molar-refractivity contribution in [3.8, 4) is 33.9 Å². The number of anilines is 8. The Hall–Kier alpha value is -7.25. The van der Waals surface area contributed by atoms with Gasteiger partial charge in [0, 0.05) is 57.9 Å². The summed E-state index contributed by atoms with van der Waals surface area (Å²) >= 11 is 0. The van der Waals surface area contributed by atoms with Crippen LogP contribution in [0.3, 0.4) is 0 Å². The Bertz CT molecular complexity index is 2290. The lowest BCUT2D eigenvalue weighted by Gasteiger charge is -2.12. The SMILES string of the molecule is c1ccc(Nc2ccc(Nc3ccc(Nc4ccc(Nc5ccc(-c6cc(-c7ccccn7)nc(-c7ccccn7)c6)cc5)cc4)cc3)cc2)cc1. The fourth-order valence-electron chi connectivity index (χ4n) is 5.83. The summed E-state index contributed by atoms with van der Waals surface area (Å²) in [5, 5.41) is 13.9. The van der Waals surface area contributed by atoms with Gasteiger partial charge in [-0.25, -0.2) is 4.98 Å². The molecule has 7 nitrogen and oxygen atoms in total. The average molecular weight is 674 g/mol. The molecular weight excluding hydrogens is 639 g/mol. The first-order valence-corrected chi connectivity index (χ1v) is 17.1. The van der Waals surface area contributed by atoms with E-state index in [1.54, 1.807) is 12.4 Å². The van der Waals surface area contributed by atoms with Gasteiger partial charge in [0.1, 0.15) is 0 Å². The second-order valence-electron chi connectivity index (χ2n) is 12.2. The lowest BCUT2D eigenvalue weighted by Crippen LogP contribution is -1.95. The van der Waals surface area contributed by atoms with E-state index >= 15 is 0 Å². The highest BCUT2D eigenvalue weighted by Crippen LogP contribution is 2.31. The van der Waals surface area contributed by atoms with Crippen LogP contribution < -0.4 is 21.3 Å². The van der Waals surface area contributed by atoms with Crippen molar-refractivity contribution in [1.82, 2.24) is 15.0 Å². The lowest BCUT2D eigenvalue weighted by atomic mass is 10.0. The maximum atomic E-state index is 4.89. The van der Waals surface area contributed by atoms with E-state index in [1.165, 1.54) is 0 Å². The zero-order valence-electron chi connectivity index (χ0n) is 28.2. The number of rotatable bonds is 11. The summed E-state index contributed by atoms with van der Waals surface area (Å²) in [7, 11) is 0. The maximum Gasteiger partial charge on any atom is 0.0900 e. The van der Waals surface area contributed by atoms with Crippen molar-refractivity contribution in [3.05, 3.63) is 188 Å². The molecule has 0 saturated carbocycles. The highest BCUT2D eigenvalue weighted by atomic mass is 14.9. The summed E-state index contributed by atoms with van der Waals surface area (Å²) in [5.74, 6) is 0. The number of nitrogens with zero attached hydrogens (tertiary/aromatic N) is 3. The summed E-state index contributed by atoms with van der Waals surface area (Å²) in [4.78, 5) is 14.0. The molecular formula is C45H35N7. The van der Waals surface area contributed by atoms with Crippen LogP contribution in [0.2, 0.25) is 0 Å². The van der Waals surface area contributed by atoms with E-state index in [2.05, 4.69) is 153 Å². The van der Waals surface area contributed by atoms with E-state index in [1.807, 2.05) is 54.6 Å². The quantitative estimate of drug-likeness (QED) is 0.109. The second kappa shape index (κ2) is 15.1. The molecule has 0 aliphatic carbocycles. The number of hydrogen-bond donors (Lipinski definition) is 4. The van der Waals surface area contributed by atoms with Crippen LogP contribution in [-0.4, -0.2) is 15.0 Å². The first kappa shape index (κ1) is 32.0. The molecule has 7 heteroatoms. The Morgan fingerprint density at radius 2 is 0.596 bits per heavy atom. The van der Waals surface area contributed by atoms with Gasteiger partial charge in [-0.15, -0.1) is 0 Å². The third-order valence-electron chi connectivity index (χ3n) is 8.48. The van der Waals surface area contributed by atoms with Gasteiger partial charge < -0.3 is 21.3 Å². The van der Waals surface area contributed by atoms with Crippen LogP contribution in [0.4, 0.5) is 45.5 Å². The zero-order chi connectivity index (χ0) is 35.0. The van der Waals surface area contributed by atoms with Crippen LogP contribution in [0.1, 0.15) is 0 Å². The summed E-state index contributed by atoms with van der Waals surface area (Å²) in [5.41, 5.74) is 13.6. The predicted octanol–water partition coefficient (Wildman–Crippen LogP) is 11.8. The second-order valence-corrected chi connectivity index (χ2v) is 12.2. The van der Waals surface area contributed by atoms with E-state index in [9.17, 15) is 0 Å². The van der Waals surface area contributed by atoms with Crippen molar-refractivity contribution in [3.63, 3.8) is 0 Å². The summed E-state index contributed by atoms with van der Waals surface area (Å²) in [6.07, 6.45) is 3.57. The Morgan fingerprint density at radius 1 is 0.269 bits per heavy atom. The number of pyridine rings is 3. The Kier molecular flexibility index (Phi) is 9.29. The molecule has 0 atom stereocenters. The van der Waals surface area contributed by atoms with Crippen LogP contribution in [0, 0.1) is 0 Å². The predicted molar refractivity (Wildman–Crippen MR) is 215 cm³/mol. The van der Waals surface area contributed by atoms with E-state index in [4.69, 9.17) is 4.98 Å². The smallest absolute Gasteiger partial charge is 0.0900 e. The fraction of sp³-hybridized carbons (Fsp3) is 0. The fourth-order valence-corrected chi connectivity index (χ4v) is 5.83. The van der Waals surface area contributed by atoms with Crippen molar-refractivity contribution < 1.29 is 0 Å². The Labute approximate surface area is 303 Å².